The number of carboxylic acids is 1. The number of hydrogen-bond acceptors (Lipinski definition) is 12. The van der Waals surface area contributed by atoms with Crippen LogP contribution in [0.3, 0.4) is 0 Å². The molecule has 2 atom stereocenters. The number of oxime groups is 1. The summed E-state index contributed by atoms with van der Waals surface area (Å²) in [6.07, 6.45) is 0. The molecule has 0 spiro atoms. The largest absolute Gasteiger partial charge is 0.477 e. The third kappa shape index (κ3) is 6.05. The number of anilines is 1. The van der Waals surface area contributed by atoms with E-state index in [0.29, 0.717) is 10.6 Å². The minimum Gasteiger partial charge on any atom is -0.477 e. The van der Waals surface area contributed by atoms with Gasteiger partial charge < -0.3 is 25.5 Å². The topological polar surface area (TPSA) is 191 Å². The second-order valence-electron chi connectivity index (χ2n) is 9.21. The second kappa shape index (κ2) is 12.4. The number of thioether (sulfide) groups is 1. The van der Waals surface area contributed by atoms with Crippen molar-refractivity contribution >= 4 is 75.7 Å². The molecular formula is C27H24N5O8PS2. The summed E-state index contributed by atoms with van der Waals surface area (Å²) in [5.41, 5.74) is 5.41. The van der Waals surface area contributed by atoms with Crippen LogP contribution in [0.25, 0.3) is 0 Å². The van der Waals surface area contributed by atoms with Crippen molar-refractivity contribution in [2.75, 3.05) is 18.1 Å². The van der Waals surface area contributed by atoms with Crippen molar-refractivity contribution in [1.29, 1.82) is 0 Å². The van der Waals surface area contributed by atoms with E-state index >= 15 is 0 Å². The van der Waals surface area contributed by atoms with Crippen molar-refractivity contribution in [3.63, 3.8) is 0 Å². The number of carbonyl (C=O) groups is 4. The van der Waals surface area contributed by atoms with E-state index in [-0.39, 0.29) is 40.2 Å². The van der Waals surface area contributed by atoms with Crippen LogP contribution in [-0.4, -0.2) is 68.2 Å². The highest BCUT2D eigenvalue weighted by Crippen LogP contribution is 2.45. The van der Waals surface area contributed by atoms with E-state index in [1.807, 2.05) is 0 Å². The van der Waals surface area contributed by atoms with Gasteiger partial charge in [-0.25, -0.2) is 9.78 Å². The Hall–Kier alpha value is -4.46. The van der Waals surface area contributed by atoms with Crippen molar-refractivity contribution in [3.05, 3.63) is 83.0 Å². The summed E-state index contributed by atoms with van der Waals surface area (Å²) in [6, 6.07) is 15.7. The number of nitrogen functional groups attached to an aromatic ring is 1. The SMILES string of the molecule is CC(=O)OCC1=C(C(=O)O)N2C(=O)[C@H](NC(=O)C(=NOP(=O)(c3ccccc3)c3ccccc3)c3csc(N)n3)[C@H]2SC1. The summed E-state index contributed by atoms with van der Waals surface area (Å²) in [6.45, 7) is 0.914. The van der Waals surface area contributed by atoms with Gasteiger partial charge in [0, 0.05) is 23.6 Å². The number of esters is 1. The number of aliphatic carboxylic acids is 1. The first-order valence-electron chi connectivity index (χ1n) is 12.6. The van der Waals surface area contributed by atoms with Crippen LogP contribution in [0.1, 0.15) is 12.6 Å². The number of thiazole rings is 1. The quantitative estimate of drug-likeness (QED) is 0.0960. The number of aromatic nitrogens is 1. The van der Waals surface area contributed by atoms with Gasteiger partial charge in [-0.2, -0.15) is 0 Å². The van der Waals surface area contributed by atoms with E-state index in [9.17, 15) is 28.8 Å². The lowest BCUT2D eigenvalue weighted by Gasteiger charge is -2.49. The summed E-state index contributed by atoms with van der Waals surface area (Å²) in [5, 5.41) is 17.9. The van der Waals surface area contributed by atoms with E-state index < -0.39 is 42.5 Å². The van der Waals surface area contributed by atoms with Gasteiger partial charge in [-0.15, -0.1) is 23.1 Å². The molecule has 13 nitrogen and oxygen atoms in total. The molecule has 0 saturated carbocycles. The molecule has 0 unspecified atom stereocenters. The summed E-state index contributed by atoms with van der Waals surface area (Å²) in [4.78, 5) is 55.1. The van der Waals surface area contributed by atoms with Gasteiger partial charge in [0.05, 0.1) is 10.6 Å². The van der Waals surface area contributed by atoms with Gasteiger partial charge >= 0.3 is 19.3 Å². The number of ether oxygens (including phenoxy) is 1. The number of nitrogens with zero attached hydrogens (tertiary/aromatic N) is 3. The van der Waals surface area contributed by atoms with Crippen LogP contribution < -0.4 is 21.7 Å². The number of fused-ring (bicyclic) bond motifs is 1. The zero-order valence-corrected chi connectivity index (χ0v) is 24.9. The molecule has 3 heterocycles. The van der Waals surface area contributed by atoms with E-state index in [1.165, 1.54) is 24.1 Å². The van der Waals surface area contributed by atoms with Crippen molar-refractivity contribution < 1.29 is 38.2 Å². The minimum atomic E-state index is -3.84. The molecule has 16 heteroatoms. The molecule has 43 heavy (non-hydrogen) atoms. The molecule has 1 saturated heterocycles. The van der Waals surface area contributed by atoms with Crippen LogP contribution in [-0.2, 0) is 33.1 Å². The maximum atomic E-state index is 14.3. The molecule has 0 radical (unpaired) electrons. The lowest BCUT2D eigenvalue weighted by Crippen LogP contribution is -2.71. The average Bonchev–Trinajstić information content (AvgIpc) is 3.44. The Kier molecular flexibility index (Phi) is 8.67. The number of β-lactam (4-membered cyclic amide) rings is 1. The van der Waals surface area contributed by atoms with Crippen molar-refractivity contribution in [2.24, 2.45) is 5.16 Å². The molecule has 2 aromatic carbocycles. The third-order valence-electron chi connectivity index (χ3n) is 6.41. The number of nitrogens with two attached hydrogens (primary N) is 1. The molecule has 2 amide bonds. The monoisotopic (exact) mass is 641 g/mol. The summed E-state index contributed by atoms with van der Waals surface area (Å²) >= 11 is 2.24. The third-order valence-corrected chi connectivity index (χ3v) is 10.7. The molecule has 2 aliphatic rings. The summed E-state index contributed by atoms with van der Waals surface area (Å²) in [5.74, 6) is -3.36. The summed E-state index contributed by atoms with van der Waals surface area (Å²) < 4.78 is 24.9. The van der Waals surface area contributed by atoms with Crippen LogP contribution in [0.4, 0.5) is 5.13 Å². The molecule has 4 N–H and O–H groups in total. The van der Waals surface area contributed by atoms with Crippen molar-refractivity contribution in [3.8, 4) is 0 Å². The van der Waals surface area contributed by atoms with Gasteiger partial charge in [0.2, 0.25) is 0 Å². The van der Waals surface area contributed by atoms with Crippen molar-refractivity contribution in [1.82, 2.24) is 15.2 Å². The van der Waals surface area contributed by atoms with Gasteiger partial charge in [-0.05, 0) is 24.3 Å². The Balaban J connectivity index is 1.43. The lowest BCUT2D eigenvalue weighted by molar-refractivity contribution is -0.150. The van der Waals surface area contributed by atoms with Crippen LogP contribution in [0.2, 0.25) is 0 Å². The predicted octanol–water partition coefficient (Wildman–Crippen LogP) is 1.68. The van der Waals surface area contributed by atoms with Crippen LogP contribution in [0.15, 0.2) is 82.5 Å². The van der Waals surface area contributed by atoms with Crippen molar-refractivity contribution in [2.45, 2.75) is 18.3 Å². The van der Waals surface area contributed by atoms with Gasteiger partial charge in [-0.1, -0.05) is 41.6 Å². The van der Waals surface area contributed by atoms with Gasteiger partial charge in [0.15, 0.2) is 10.8 Å². The molecule has 5 rings (SSSR count). The highest BCUT2D eigenvalue weighted by Gasteiger charge is 2.54. The van der Waals surface area contributed by atoms with E-state index in [4.69, 9.17) is 15.1 Å². The Bertz CT molecular complexity index is 1650. The first-order valence-corrected chi connectivity index (χ1v) is 16.2. The van der Waals surface area contributed by atoms with Gasteiger partial charge in [-0.3, -0.25) is 23.8 Å². The van der Waals surface area contributed by atoms with Crippen LogP contribution in [0, 0.1) is 0 Å². The Morgan fingerprint density at radius 2 is 1.77 bits per heavy atom. The molecule has 1 aromatic heterocycles. The number of benzene rings is 2. The molecule has 2 aliphatic heterocycles. The fourth-order valence-electron chi connectivity index (χ4n) is 4.38. The molecule has 0 aliphatic carbocycles. The number of rotatable bonds is 10. The minimum absolute atomic E-state index is 0.0300. The Morgan fingerprint density at radius 1 is 1.14 bits per heavy atom. The zero-order valence-electron chi connectivity index (χ0n) is 22.4. The molecule has 1 fully saturated rings. The molecule has 0 bridgehead atoms. The van der Waals surface area contributed by atoms with Crippen LogP contribution >= 0.6 is 30.5 Å². The zero-order chi connectivity index (χ0) is 30.7. The normalized spacial score (nSPS) is 18.4. The smallest absolute Gasteiger partial charge is 0.352 e. The maximum absolute atomic E-state index is 14.3. The molecule has 222 valence electrons. The highest BCUT2D eigenvalue weighted by molar-refractivity contribution is 8.00. The summed E-state index contributed by atoms with van der Waals surface area (Å²) in [7, 11) is -3.84. The van der Waals surface area contributed by atoms with E-state index in [2.05, 4.69) is 15.5 Å². The molecular weight excluding hydrogens is 617 g/mol. The maximum Gasteiger partial charge on any atom is 0.352 e. The standard InChI is InChI=1S/C27H24N5O8PS2/c1-15(33)39-12-16-13-42-25-21(24(35)32(25)22(16)26(36)37)30-23(34)20(19-14-43-27(28)29-19)31-40-41(38,17-8-4-2-5-9-17)18-10-6-3-7-11-18/h2-11,14,21,25H,12-13H2,1H3,(H2,28,29)(H,30,34)(H,36,37)/t21-,25+/m0/s1. The highest BCUT2D eigenvalue weighted by atomic mass is 32.2. The Labute approximate surface area is 253 Å². The average molecular weight is 642 g/mol. The second-order valence-corrected chi connectivity index (χ2v) is 13.5. The first-order chi connectivity index (χ1) is 20.6. The first kappa shape index (κ1) is 30.0. The predicted molar refractivity (Wildman–Crippen MR) is 160 cm³/mol. The lowest BCUT2D eigenvalue weighted by atomic mass is 10.0. The number of carboxylic acid groups (broad SMARTS) is 1. The number of nitrogens with one attached hydrogen (secondary N) is 1. The van der Waals surface area contributed by atoms with Crippen LogP contribution in [0.5, 0.6) is 0 Å². The Morgan fingerprint density at radius 3 is 2.30 bits per heavy atom. The number of amides is 2. The fourth-order valence-corrected chi connectivity index (χ4v) is 8.07. The van der Waals surface area contributed by atoms with E-state index in [1.54, 1.807) is 60.7 Å². The fraction of sp³-hybridized carbons (Fsp3) is 0.185. The number of hydrogen-bond donors (Lipinski definition) is 3. The van der Waals surface area contributed by atoms with Gasteiger partial charge in [0.1, 0.15) is 29.4 Å². The van der Waals surface area contributed by atoms with Gasteiger partial charge in [0.25, 0.3) is 11.8 Å². The molecule has 3 aromatic rings. The number of carbonyl (C=O) groups excluding carboxylic acids is 3. The van der Waals surface area contributed by atoms with E-state index in [0.717, 1.165) is 16.2 Å².